The van der Waals surface area contributed by atoms with E-state index < -0.39 is 11.9 Å². The lowest BCUT2D eigenvalue weighted by atomic mass is 10.1. The average Bonchev–Trinajstić information content (AvgIpc) is 3.11. The van der Waals surface area contributed by atoms with Gasteiger partial charge < -0.3 is 20.4 Å². The summed E-state index contributed by atoms with van der Waals surface area (Å²) in [4.78, 5) is 35.2. The minimum atomic E-state index is -0.729. The molecule has 1 aromatic carbocycles. The molecule has 2 rings (SSSR count). The molecule has 1 aromatic heterocycles. The molecule has 2 aromatic rings. The number of hydrogen-bond acceptors (Lipinski definition) is 4. The van der Waals surface area contributed by atoms with Crippen LogP contribution in [-0.4, -0.2) is 30.8 Å². The molecule has 126 valence electrons. The molecule has 0 saturated carbocycles. The summed E-state index contributed by atoms with van der Waals surface area (Å²) in [6.45, 7) is 1.58. The Hall–Kier alpha value is -3.09. The molecule has 7 nitrogen and oxygen atoms in total. The van der Waals surface area contributed by atoms with Crippen LogP contribution < -0.4 is 16.0 Å². The molecule has 3 N–H and O–H groups in total. The zero-order chi connectivity index (χ0) is 17.5. The normalized spacial score (nSPS) is 11.4. The average molecular weight is 329 g/mol. The Labute approximate surface area is 139 Å². The molecule has 0 bridgehead atoms. The van der Waals surface area contributed by atoms with E-state index in [0.29, 0.717) is 5.69 Å². The monoisotopic (exact) mass is 329 g/mol. The van der Waals surface area contributed by atoms with Crippen molar-refractivity contribution in [2.45, 2.75) is 19.4 Å². The first-order chi connectivity index (χ1) is 11.5. The molecule has 0 saturated heterocycles. The predicted octanol–water partition coefficient (Wildman–Crippen LogP) is 1.33. The molecule has 0 fully saturated rings. The largest absolute Gasteiger partial charge is 0.459 e. The van der Waals surface area contributed by atoms with E-state index in [0.717, 1.165) is 5.56 Å². The third kappa shape index (κ3) is 4.70. The topological polar surface area (TPSA) is 100 Å². The van der Waals surface area contributed by atoms with Crippen LogP contribution in [0.15, 0.2) is 47.1 Å². The number of anilines is 1. The third-order valence-electron chi connectivity index (χ3n) is 3.35. The summed E-state index contributed by atoms with van der Waals surface area (Å²) in [6, 6.07) is 9.32. The first kappa shape index (κ1) is 17.3. The molecule has 1 atom stereocenters. The van der Waals surface area contributed by atoms with Crippen molar-refractivity contribution in [1.82, 2.24) is 10.6 Å². The van der Waals surface area contributed by atoms with Crippen LogP contribution >= 0.6 is 0 Å². The number of furan rings is 1. The van der Waals surface area contributed by atoms with E-state index >= 15 is 0 Å². The van der Waals surface area contributed by atoms with Gasteiger partial charge in [-0.3, -0.25) is 14.4 Å². The molecular weight excluding hydrogens is 310 g/mol. The second-order valence-corrected chi connectivity index (χ2v) is 5.21. The van der Waals surface area contributed by atoms with Gasteiger partial charge in [0.25, 0.3) is 5.91 Å². The van der Waals surface area contributed by atoms with Gasteiger partial charge in [-0.2, -0.15) is 0 Å². The van der Waals surface area contributed by atoms with Crippen molar-refractivity contribution in [2.75, 3.05) is 12.4 Å². The number of benzene rings is 1. The molecule has 0 radical (unpaired) electrons. The summed E-state index contributed by atoms with van der Waals surface area (Å²) < 4.78 is 4.97. The lowest BCUT2D eigenvalue weighted by Gasteiger charge is -2.13. The fourth-order valence-corrected chi connectivity index (χ4v) is 1.97. The van der Waals surface area contributed by atoms with Crippen LogP contribution in [0.2, 0.25) is 0 Å². The molecule has 0 spiro atoms. The van der Waals surface area contributed by atoms with Crippen molar-refractivity contribution >= 4 is 23.4 Å². The van der Waals surface area contributed by atoms with Crippen LogP contribution in [0, 0.1) is 0 Å². The van der Waals surface area contributed by atoms with Gasteiger partial charge >= 0.3 is 0 Å². The van der Waals surface area contributed by atoms with Gasteiger partial charge in [-0.15, -0.1) is 0 Å². The number of carbonyl (C=O) groups excluding carboxylic acids is 3. The molecular formula is C17H19N3O4. The fraction of sp³-hybridized carbons (Fsp3) is 0.235. The van der Waals surface area contributed by atoms with Crippen molar-refractivity contribution in [3.05, 3.63) is 54.0 Å². The summed E-state index contributed by atoms with van der Waals surface area (Å²) in [5.74, 6) is -0.744. The van der Waals surface area contributed by atoms with E-state index in [1.807, 2.05) is 0 Å². The molecule has 1 unspecified atom stereocenters. The van der Waals surface area contributed by atoms with Crippen LogP contribution in [0.5, 0.6) is 0 Å². The zero-order valence-corrected chi connectivity index (χ0v) is 13.5. The van der Waals surface area contributed by atoms with E-state index in [-0.39, 0.29) is 24.0 Å². The SMILES string of the molecule is CNC(=O)Cc1ccc(NC(=O)C(C)NC(=O)c2ccco2)cc1. The van der Waals surface area contributed by atoms with Gasteiger partial charge in [0.1, 0.15) is 6.04 Å². The van der Waals surface area contributed by atoms with E-state index in [4.69, 9.17) is 4.42 Å². The molecule has 7 heteroatoms. The lowest BCUT2D eigenvalue weighted by Crippen LogP contribution is -2.41. The number of carbonyl (C=O) groups is 3. The second-order valence-electron chi connectivity index (χ2n) is 5.21. The van der Waals surface area contributed by atoms with Crippen LogP contribution in [0.3, 0.4) is 0 Å². The van der Waals surface area contributed by atoms with Gasteiger partial charge in [0.05, 0.1) is 12.7 Å². The Morgan fingerprint density at radius 2 is 1.83 bits per heavy atom. The van der Waals surface area contributed by atoms with E-state index in [2.05, 4.69) is 16.0 Å². The maximum Gasteiger partial charge on any atom is 0.287 e. The Balaban J connectivity index is 1.89. The number of rotatable bonds is 6. The van der Waals surface area contributed by atoms with Crippen molar-refractivity contribution in [3.8, 4) is 0 Å². The van der Waals surface area contributed by atoms with Crippen LogP contribution in [-0.2, 0) is 16.0 Å². The number of amides is 3. The van der Waals surface area contributed by atoms with Gasteiger partial charge in [-0.05, 0) is 36.8 Å². The summed E-state index contributed by atoms with van der Waals surface area (Å²) in [5, 5.41) is 7.80. The highest BCUT2D eigenvalue weighted by Crippen LogP contribution is 2.11. The Morgan fingerprint density at radius 3 is 2.42 bits per heavy atom. The maximum atomic E-state index is 12.1. The van der Waals surface area contributed by atoms with E-state index in [1.54, 1.807) is 44.3 Å². The van der Waals surface area contributed by atoms with E-state index in [1.165, 1.54) is 12.3 Å². The predicted molar refractivity (Wildman–Crippen MR) is 88.5 cm³/mol. The third-order valence-corrected chi connectivity index (χ3v) is 3.35. The highest BCUT2D eigenvalue weighted by Gasteiger charge is 2.18. The van der Waals surface area contributed by atoms with Gasteiger partial charge in [0.2, 0.25) is 11.8 Å². The molecule has 0 aliphatic carbocycles. The zero-order valence-electron chi connectivity index (χ0n) is 13.5. The highest BCUT2D eigenvalue weighted by molar-refractivity contribution is 5.99. The molecule has 1 heterocycles. The van der Waals surface area contributed by atoms with Crippen molar-refractivity contribution in [2.24, 2.45) is 0 Å². The smallest absolute Gasteiger partial charge is 0.287 e. The Bertz CT molecular complexity index is 708. The molecule has 3 amide bonds. The minimum Gasteiger partial charge on any atom is -0.459 e. The van der Waals surface area contributed by atoms with Crippen LogP contribution in [0.1, 0.15) is 23.0 Å². The van der Waals surface area contributed by atoms with Gasteiger partial charge in [-0.1, -0.05) is 12.1 Å². The summed E-state index contributed by atoms with van der Waals surface area (Å²) >= 11 is 0. The van der Waals surface area contributed by atoms with Crippen molar-refractivity contribution in [3.63, 3.8) is 0 Å². The quantitative estimate of drug-likeness (QED) is 0.744. The first-order valence-corrected chi connectivity index (χ1v) is 7.44. The molecule has 24 heavy (non-hydrogen) atoms. The lowest BCUT2D eigenvalue weighted by molar-refractivity contribution is -0.120. The Morgan fingerprint density at radius 1 is 1.12 bits per heavy atom. The standard InChI is InChI=1S/C17H19N3O4/c1-11(19-17(23)14-4-3-9-24-14)16(22)20-13-7-5-12(6-8-13)10-15(21)18-2/h3-9,11H,10H2,1-2H3,(H,18,21)(H,19,23)(H,20,22). The Kier molecular flexibility index (Phi) is 5.73. The first-order valence-electron chi connectivity index (χ1n) is 7.44. The van der Waals surface area contributed by atoms with Crippen molar-refractivity contribution < 1.29 is 18.8 Å². The van der Waals surface area contributed by atoms with Crippen LogP contribution in [0.25, 0.3) is 0 Å². The number of likely N-dealkylation sites (N-methyl/N-ethyl adjacent to an activating group) is 1. The maximum absolute atomic E-state index is 12.1. The fourth-order valence-electron chi connectivity index (χ4n) is 1.97. The number of nitrogens with one attached hydrogen (secondary N) is 3. The summed E-state index contributed by atoms with van der Waals surface area (Å²) in [6.07, 6.45) is 1.67. The molecule has 0 aliphatic heterocycles. The van der Waals surface area contributed by atoms with Gasteiger partial charge in [-0.25, -0.2) is 0 Å². The summed E-state index contributed by atoms with van der Waals surface area (Å²) in [5.41, 5.74) is 1.42. The van der Waals surface area contributed by atoms with E-state index in [9.17, 15) is 14.4 Å². The number of hydrogen-bond donors (Lipinski definition) is 3. The molecule has 0 aliphatic rings. The second kappa shape index (κ2) is 7.96. The van der Waals surface area contributed by atoms with Crippen molar-refractivity contribution in [1.29, 1.82) is 0 Å². The highest BCUT2D eigenvalue weighted by atomic mass is 16.3. The van der Waals surface area contributed by atoms with Crippen LogP contribution in [0.4, 0.5) is 5.69 Å². The minimum absolute atomic E-state index is 0.0824. The van der Waals surface area contributed by atoms with Gasteiger partial charge in [0.15, 0.2) is 5.76 Å². The van der Waals surface area contributed by atoms with Gasteiger partial charge in [0, 0.05) is 12.7 Å². The summed E-state index contributed by atoms with van der Waals surface area (Å²) in [7, 11) is 1.58.